The van der Waals surface area contributed by atoms with Crippen LogP contribution in [-0.2, 0) is 13.0 Å². The Morgan fingerprint density at radius 2 is 1.59 bits per heavy atom. The first-order chi connectivity index (χ1) is 10.7. The third-order valence-corrected chi connectivity index (χ3v) is 3.53. The number of rotatable bonds is 6. The van der Waals surface area contributed by atoms with E-state index in [-0.39, 0.29) is 5.91 Å². The average molecular weight is 299 g/mol. The fourth-order valence-corrected chi connectivity index (χ4v) is 2.17. The minimum absolute atomic E-state index is 0.0857. The van der Waals surface area contributed by atoms with Gasteiger partial charge in [0.1, 0.15) is 0 Å². The summed E-state index contributed by atoms with van der Waals surface area (Å²) in [5.41, 5.74) is 2.84. The molecule has 22 heavy (non-hydrogen) atoms. The van der Waals surface area contributed by atoms with Crippen molar-refractivity contribution in [2.75, 3.05) is 14.2 Å². The lowest BCUT2D eigenvalue weighted by Gasteiger charge is -2.10. The maximum Gasteiger partial charge on any atom is 0.251 e. The fraction of sp³-hybridized carbons (Fsp3) is 0.278. The molecular formula is C18H21NO3. The van der Waals surface area contributed by atoms with E-state index in [1.54, 1.807) is 14.2 Å². The Hall–Kier alpha value is -2.49. The van der Waals surface area contributed by atoms with E-state index in [0.29, 0.717) is 23.6 Å². The molecule has 116 valence electrons. The van der Waals surface area contributed by atoms with Crippen molar-refractivity contribution in [3.05, 3.63) is 59.2 Å². The van der Waals surface area contributed by atoms with Gasteiger partial charge in [0.15, 0.2) is 11.5 Å². The number of carbonyl (C=O) groups is 1. The van der Waals surface area contributed by atoms with E-state index in [1.807, 2.05) is 42.5 Å². The van der Waals surface area contributed by atoms with Gasteiger partial charge in [-0.05, 0) is 41.8 Å². The van der Waals surface area contributed by atoms with Crippen LogP contribution in [0.4, 0.5) is 0 Å². The van der Waals surface area contributed by atoms with Gasteiger partial charge >= 0.3 is 0 Å². The van der Waals surface area contributed by atoms with E-state index in [2.05, 4.69) is 12.2 Å². The van der Waals surface area contributed by atoms with Gasteiger partial charge < -0.3 is 14.8 Å². The number of aryl methyl sites for hydroxylation is 1. The SMILES string of the molecule is CCc1ccc(C(=O)NCc2ccc(OC)c(OC)c2)cc1. The number of nitrogens with one attached hydrogen (secondary N) is 1. The molecule has 1 N–H and O–H groups in total. The second kappa shape index (κ2) is 7.50. The molecule has 0 heterocycles. The number of hydrogen-bond acceptors (Lipinski definition) is 3. The molecule has 2 rings (SSSR count). The van der Waals surface area contributed by atoms with Gasteiger partial charge in [-0.25, -0.2) is 0 Å². The molecule has 0 fully saturated rings. The van der Waals surface area contributed by atoms with Crippen LogP contribution in [0.2, 0.25) is 0 Å². The number of ether oxygens (including phenoxy) is 2. The number of methoxy groups -OCH3 is 2. The van der Waals surface area contributed by atoms with Crippen LogP contribution in [0.3, 0.4) is 0 Å². The third-order valence-electron chi connectivity index (χ3n) is 3.53. The average Bonchev–Trinajstić information content (AvgIpc) is 2.59. The molecule has 4 heteroatoms. The smallest absolute Gasteiger partial charge is 0.251 e. The van der Waals surface area contributed by atoms with Crippen molar-refractivity contribution in [3.8, 4) is 11.5 Å². The zero-order valence-electron chi connectivity index (χ0n) is 13.2. The maximum atomic E-state index is 12.1. The maximum absolute atomic E-state index is 12.1. The highest BCUT2D eigenvalue weighted by Crippen LogP contribution is 2.27. The van der Waals surface area contributed by atoms with Gasteiger partial charge in [0.25, 0.3) is 5.91 Å². The largest absolute Gasteiger partial charge is 0.493 e. The standard InChI is InChI=1S/C18H21NO3/c1-4-13-5-8-15(9-6-13)18(20)19-12-14-7-10-16(21-2)17(11-14)22-3/h5-11H,4,12H2,1-3H3,(H,19,20). The quantitative estimate of drug-likeness (QED) is 0.891. The van der Waals surface area contributed by atoms with Crippen LogP contribution in [0.1, 0.15) is 28.4 Å². The zero-order chi connectivity index (χ0) is 15.9. The van der Waals surface area contributed by atoms with E-state index in [0.717, 1.165) is 12.0 Å². The summed E-state index contributed by atoms with van der Waals surface area (Å²) in [6, 6.07) is 13.2. The Balaban J connectivity index is 2.01. The normalized spacial score (nSPS) is 10.1. The summed E-state index contributed by atoms with van der Waals surface area (Å²) in [5, 5.41) is 2.91. The van der Waals surface area contributed by atoms with Crippen molar-refractivity contribution in [1.82, 2.24) is 5.32 Å². The molecule has 0 aliphatic rings. The first-order valence-electron chi connectivity index (χ1n) is 7.26. The predicted octanol–water partition coefficient (Wildman–Crippen LogP) is 3.20. The Bertz CT molecular complexity index is 635. The molecule has 0 aromatic heterocycles. The van der Waals surface area contributed by atoms with Crippen molar-refractivity contribution in [1.29, 1.82) is 0 Å². The van der Waals surface area contributed by atoms with Gasteiger partial charge in [-0.3, -0.25) is 4.79 Å². The Morgan fingerprint density at radius 3 is 2.18 bits per heavy atom. The van der Waals surface area contributed by atoms with Crippen molar-refractivity contribution in [2.45, 2.75) is 19.9 Å². The summed E-state index contributed by atoms with van der Waals surface area (Å²) in [7, 11) is 3.19. The first kappa shape index (κ1) is 15.9. The van der Waals surface area contributed by atoms with E-state index in [4.69, 9.17) is 9.47 Å². The lowest BCUT2D eigenvalue weighted by Crippen LogP contribution is -2.22. The highest BCUT2D eigenvalue weighted by atomic mass is 16.5. The molecule has 0 radical (unpaired) electrons. The van der Waals surface area contributed by atoms with E-state index < -0.39 is 0 Å². The second-order valence-corrected chi connectivity index (χ2v) is 4.92. The van der Waals surface area contributed by atoms with Crippen LogP contribution in [0.15, 0.2) is 42.5 Å². The molecule has 0 saturated heterocycles. The number of benzene rings is 2. The lowest BCUT2D eigenvalue weighted by molar-refractivity contribution is 0.0951. The van der Waals surface area contributed by atoms with E-state index >= 15 is 0 Å². The number of carbonyl (C=O) groups excluding carboxylic acids is 1. The first-order valence-corrected chi connectivity index (χ1v) is 7.26. The second-order valence-electron chi connectivity index (χ2n) is 4.92. The Morgan fingerprint density at radius 1 is 0.955 bits per heavy atom. The van der Waals surface area contributed by atoms with Crippen molar-refractivity contribution >= 4 is 5.91 Å². The molecule has 2 aromatic carbocycles. The van der Waals surface area contributed by atoms with Gasteiger partial charge in [-0.2, -0.15) is 0 Å². The summed E-state index contributed by atoms with van der Waals surface area (Å²) in [6.07, 6.45) is 0.966. The fourth-order valence-electron chi connectivity index (χ4n) is 2.17. The predicted molar refractivity (Wildman–Crippen MR) is 86.5 cm³/mol. The molecule has 0 spiro atoms. The van der Waals surface area contributed by atoms with E-state index in [9.17, 15) is 4.79 Å². The molecule has 1 amide bonds. The Labute approximate surface area is 131 Å². The third kappa shape index (κ3) is 3.79. The van der Waals surface area contributed by atoms with Gasteiger partial charge in [0.05, 0.1) is 14.2 Å². The summed E-state index contributed by atoms with van der Waals surface area (Å²) in [4.78, 5) is 12.1. The summed E-state index contributed by atoms with van der Waals surface area (Å²) in [6.45, 7) is 2.53. The number of amides is 1. The minimum Gasteiger partial charge on any atom is -0.493 e. The van der Waals surface area contributed by atoms with Crippen LogP contribution in [-0.4, -0.2) is 20.1 Å². The summed E-state index contributed by atoms with van der Waals surface area (Å²) >= 11 is 0. The van der Waals surface area contributed by atoms with Crippen LogP contribution >= 0.6 is 0 Å². The molecule has 0 unspecified atom stereocenters. The van der Waals surface area contributed by atoms with Crippen molar-refractivity contribution in [2.24, 2.45) is 0 Å². The number of hydrogen-bond donors (Lipinski definition) is 1. The minimum atomic E-state index is -0.0857. The molecule has 0 aliphatic carbocycles. The molecule has 4 nitrogen and oxygen atoms in total. The molecule has 0 aliphatic heterocycles. The summed E-state index contributed by atoms with van der Waals surface area (Å²) in [5.74, 6) is 1.24. The van der Waals surface area contributed by atoms with Crippen molar-refractivity contribution < 1.29 is 14.3 Å². The summed E-state index contributed by atoms with van der Waals surface area (Å²) < 4.78 is 10.5. The highest BCUT2D eigenvalue weighted by molar-refractivity contribution is 5.94. The van der Waals surface area contributed by atoms with Crippen LogP contribution in [0.5, 0.6) is 11.5 Å². The molecule has 0 saturated carbocycles. The monoisotopic (exact) mass is 299 g/mol. The van der Waals surface area contributed by atoms with Crippen molar-refractivity contribution in [3.63, 3.8) is 0 Å². The molecule has 0 atom stereocenters. The molecule has 2 aromatic rings. The Kier molecular flexibility index (Phi) is 5.42. The van der Waals surface area contributed by atoms with E-state index in [1.165, 1.54) is 5.56 Å². The van der Waals surface area contributed by atoms with Gasteiger partial charge in [0.2, 0.25) is 0 Å². The van der Waals surface area contributed by atoms with Gasteiger partial charge in [0, 0.05) is 12.1 Å². The molecular weight excluding hydrogens is 278 g/mol. The van der Waals surface area contributed by atoms with Gasteiger partial charge in [-0.1, -0.05) is 25.1 Å². The highest BCUT2D eigenvalue weighted by Gasteiger charge is 2.07. The van der Waals surface area contributed by atoms with Gasteiger partial charge in [-0.15, -0.1) is 0 Å². The topological polar surface area (TPSA) is 47.6 Å². The lowest BCUT2D eigenvalue weighted by atomic mass is 10.1. The van der Waals surface area contributed by atoms with Crippen LogP contribution in [0, 0.1) is 0 Å². The zero-order valence-corrected chi connectivity index (χ0v) is 13.2. The van der Waals surface area contributed by atoms with Crippen LogP contribution in [0.25, 0.3) is 0 Å². The molecule has 0 bridgehead atoms. The van der Waals surface area contributed by atoms with Crippen LogP contribution < -0.4 is 14.8 Å².